The number of thioether (sulfide) groups is 1. The number of hydrogen-bond acceptors (Lipinski definition) is 6. The monoisotopic (exact) mass is 359 g/mol. The first kappa shape index (κ1) is 16.7. The molecule has 0 aliphatic carbocycles. The minimum atomic E-state index is -0.257. The minimum absolute atomic E-state index is 0.119. The van der Waals surface area contributed by atoms with Gasteiger partial charge in [-0.2, -0.15) is 0 Å². The molecule has 0 atom stereocenters. The van der Waals surface area contributed by atoms with E-state index in [0.717, 1.165) is 9.77 Å². The quantitative estimate of drug-likeness (QED) is 0.658. The number of nitrogens with zero attached hydrogens (tertiary/aromatic N) is 2. The highest BCUT2D eigenvalue weighted by Crippen LogP contribution is 2.24. The molecule has 2 heterocycles. The topological polar surface area (TPSA) is 68.0 Å². The van der Waals surface area contributed by atoms with Gasteiger partial charge in [-0.15, -0.1) is 28.2 Å². The molecule has 0 saturated carbocycles. The van der Waals surface area contributed by atoms with Crippen molar-refractivity contribution in [3.63, 3.8) is 0 Å². The van der Waals surface area contributed by atoms with Crippen LogP contribution in [0.5, 0.6) is 0 Å². The predicted molar refractivity (Wildman–Crippen MR) is 96.8 cm³/mol. The van der Waals surface area contributed by atoms with Crippen molar-refractivity contribution in [2.24, 2.45) is 0 Å². The Bertz CT molecular complexity index is 813. The molecule has 124 valence electrons. The fourth-order valence-electron chi connectivity index (χ4n) is 2.09. The summed E-state index contributed by atoms with van der Waals surface area (Å²) in [7, 11) is 0. The Balaban J connectivity index is 1.65. The summed E-state index contributed by atoms with van der Waals surface area (Å²) >= 11 is 3.34. The lowest BCUT2D eigenvalue weighted by molar-refractivity contribution is 0.102. The first-order valence-corrected chi connectivity index (χ1v) is 9.29. The number of benzene rings is 1. The smallest absolute Gasteiger partial charge is 0.322 e. The summed E-state index contributed by atoms with van der Waals surface area (Å²) in [5.41, 5.74) is 0.568. The Morgan fingerprint density at radius 1 is 1.29 bits per heavy atom. The Hall–Kier alpha value is -2.12. The summed E-state index contributed by atoms with van der Waals surface area (Å²) in [5.74, 6) is 0.226. The van der Waals surface area contributed by atoms with E-state index in [0.29, 0.717) is 23.1 Å². The van der Waals surface area contributed by atoms with Gasteiger partial charge in [-0.1, -0.05) is 31.1 Å². The van der Waals surface area contributed by atoms with Crippen molar-refractivity contribution in [3.05, 3.63) is 58.1 Å². The molecule has 1 aromatic carbocycles. The van der Waals surface area contributed by atoms with E-state index in [4.69, 9.17) is 4.42 Å². The van der Waals surface area contributed by atoms with Crippen molar-refractivity contribution in [2.75, 3.05) is 5.32 Å². The molecule has 0 fully saturated rings. The highest BCUT2D eigenvalue weighted by molar-refractivity contribution is 7.99. The van der Waals surface area contributed by atoms with Gasteiger partial charge < -0.3 is 4.42 Å². The molecule has 1 N–H and O–H groups in total. The highest BCUT2D eigenvalue weighted by Gasteiger charge is 2.13. The van der Waals surface area contributed by atoms with Crippen LogP contribution in [-0.2, 0) is 6.42 Å². The summed E-state index contributed by atoms with van der Waals surface area (Å²) in [6.45, 7) is 4.23. The van der Waals surface area contributed by atoms with Crippen molar-refractivity contribution >= 4 is 35.0 Å². The lowest BCUT2D eigenvalue weighted by Crippen LogP contribution is -2.12. The summed E-state index contributed by atoms with van der Waals surface area (Å²) in [5, 5.41) is 13.0. The van der Waals surface area contributed by atoms with Crippen LogP contribution in [-0.4, -0.2) is 21.4 Å². The lowest BCUT2D eigenvalue weighted by atomic mass is 10.2. The van der Waals surface area contributed by atoms with Gasteiger partial charge in [-0.25, -0.2) is 0 Å². The van der Waals surface area contributed by atoms with Gasteiger partial charge in [-0.05, 0) is 29.6 Å². The molecule has 7 heteroatoms. The van der Waals surface area contributed by atoms with E-state index in [1.165, 1.54) is 0 Å². The van der Waals surface area contributed by atoms with E-state index in [-0.39, 0.29) is 11.9 Å². The van der Waals surface area contributed by atoms with Crippen molar-refractivity contribution in [3.8, 4) is 0 Å². The number of anilines is 1. The molecule has 3 aromatic rings. The van der Waals surface area contributed by atoms with Crippen molar-refractivity contribution in [1.82, 2.24) is 10.2 Å². The van der Waals surface area contributed by atoms with Crippen LogP contribution in [0.25, 0.3) is 0 Å². The molecule has 0 bridgehead atoms. The van der Waals surface area contributed by atoms with Gasteiger partial charge in [0.1, 0.15) is 0 Å². The third kappa shape index (κ3) is 4.46. The van der Waals surface area contributed by atoms with Gasteiger partial charge >= 0.3 is 6.01 Å². The fourth-order valence-corrected chi connectivity index (χ4v) is 3.68. The van der Waals surface area contributed by atoms with Gasteiger partial charge in [0.05, 0.1) is 6.42 Å². The molecule has 0 unspecified atom stereocenters. The van der Waals surface area contributed by atoms with Crippen LogP contribution in [0.15, 0.2) is 51.1 Å². The molecular weight excluding hydrogens is 342 g/mol. The second-order valence-corrected chi connectivity index (χ2v) is 8.09. The van der Waals surface area contributed by atoms with Crippen molar-refractivity contribution in [2.45, 2.75) is 30.4 Å². The van der Waals surface area contributed by atoms with Crippen LogP contribution in [0.4, 0.5) is 6.01 Å². The lowest BCUT2D eigenvalue weighted by Gasteiger charge is -2.06. The molecule has 3 rings (SSSR count). The van der Waals surface area contributed by atoms with Crippen LogP contribution in [0.3, 0.4) is 0 Å². The summed E-state index contributed by atoms with van der Waals surface area (Å²) < 4.78 is 5.49. The average Bonchev–Trinajstić information content (AvgIpc) is 3.19. The predicted octanol–water partition coefficient (Wildman–Crippen LogP) is 4.47. The Kier molecular flexibility index (Phi) is 5.32. The van der Waals surface area contributed by atoms with Crippen LogP contribution < -0.4 is 5.32 Å². The summed E-state index contributed by atoms with van der Waals surface area (Å²) in [6.07, 6.45) is 0.570. The second-order valence-electron chi connectivity index (χ2n) is 5.41. The molecule has 0 aliphatic heterocycles. The standard InChI is InChI=1S/C17H17N3O2S2/c1-11(2)24-14-6-3-5-12(9-14)16(21)18-17-20-19-15(22-17)10-13-7-4-8-23-13/h3-9,11H,10H2,1-2H3,(H,18,20,21). The molecule has 5 nitrogen and oxygen atoms in total. The SMILES string of the molecule is CC(C)Sc1cccc(C(=O)Nc2nnc(Cc3cccs3)o2)c1. The molecule has 24 heavy (non-hydrogen) atoms. The van der Waals surface area contributed by atoms with Gasteiger partial charge in [0.15, 0.2) is 0 Å². The van der Waals surface area contributed by atoms with E-state index in [9.17, 15) is 4.79 Å². The molecule has 0 saturated heterocycles. The number of rotatable bonds is 6. The number of carbonyl (C=O) groups excluding carboxylic acids is 1. The van der Waals surface area contributed by atoms with E-state index >= 15 is 0 Å². The first-order chi connectivity index (χ1) is 11.6. The van der Waals surface area contributed by atoms with Crippen molar-refractivity contribution < 1.29 is 9.21 Å². The summed E-state index contributed by atoms with van der Waals surface area (Å²) in [6, 6.07) is 11.6. The largest absolute Gasteiger partial charge is 0.407 e. The third-order valence-electron chi connectivity index (χ3n) is 3.06. The van der Waals surface area contributed by atoms with Crippen molar-refractivity contribution in [1.29, 1.82) is 0 Å². The number of nitrogens with one attached hydrogen (secondary N) is 1. The molecule has 0 aliphatic rings. The maximum atomic E-state index is 12.3. The van der Waals surface area contributed by atoms with E-state index in [2.05, 4.69) is 29.4 Å². The van der Waals surface area contributed by atoms with Crippen LogP contribution >= 0.6 is 23.1 Å². The number of aromatic nitrogens is 2. The fraction of sp³-hybridized carbons (Fsp3) is 0.235. The highest BCUT2D eigenvalue weighted by atomic mass is 32.2. The number of hydrogen-bond donors (Lipinski definition) is 1. The molecule has 1 amide bonds. The molecule has 2 aromatic heterocycles. The zero-order valence-electron chi connectivity index (χ0n) is 13.4. The summed E-state index contributed by atoms with van der Waals surface area (Å²) in [4.78, 5) is 14.5. The van der Waals surface area contributed by atoms with E-state index in [1.807, 2.05) is 35.7 Å². The Morgan fingerprint density at radius 3 is 2.92 bits per heavy atom. The van der Waals surface area contributed by atoms with Gasteiger partial charge in [0, 0.05) is 20.6 Å². The van der Waals surface area contributed by atoms with Crippen LogP contribution in [0.2, 0.25) is 0 Å². The van der Waals surface area contributed by atoms with E-state index < -0.39 is 0 Å². The van der Waals surface area contributed by atoms with Gasteiger partial charge in [-0.3, -0.25) is 10.1 Å². The number of carbonyl (C=O) groups is 1. The van der Waals surface area contributed by atoms with Gasteiger partial charge in [0.25, 0.3) is 5.91 Å². The Morgan fingerprint density at radius 2 is 2.17 bits per heavy atom. The minimum Gasteiger partial charge on any atom is -0.407 e. The third-order valence-corrected chi connectivity index (χ3v) is 4.93. The van der Waals surface area contributed by atoms with Gasteiger partial charge in [0.2, 0.25) is 5.89 Å². The molecule has 0 radical (unpaired) electrons. The maximum absolute atomic E-state index is 12.3. The molecular formula is C17H17N3O2S2. The van der Waals surface area contributed by atoms with Crippen LogP contribution in [0, 0.1) is 0 Å². The van der Waals surface area contributed by atoms with E-state index in [1.54, 1.807) is 29.2 Å². The first-order valence-electron chi connectivity index (χ1n) is 7.53. The average molecular weight is 359 g/mol. The number of amides is 1. The maximum Gasteiger partial charge on any atom is 0.322 e. The number of thiophene rings is 1. The zero-order chi connectivity index (χ0) is 16.9. The zero-order valence-corrected chi connectivity index (χ0v) is 15.0. The second kappa shape index (κ2) is 7.63. The van der Waals surface area contributed by atoms with Crippen LogP contribution in [0.1, 0.15) is 35.0 Å². The Labute approximate surface area is 148 Å². The molecule has 0 spiro atoms. The normalized spacial score (nSPS) is 11.0.